The number of para-hydroxylation sites is 2. The highest BCUT2D eigenvalue weighted by atomic mass is 16.3. The van der Waals surface area contributed by atoms with E-state index in [1.54, 1.807) is 0 Å². The summed E-state index contributed by atoms with van der Waals surface area (Å²) in [4.78, 5) is 9.74. The van der Waals surface area contributed by atoms with Gasteiger partial charge in [-0.05, 0) is 213 Å². The summed E-state index contributed by atoms with van der Waals surface area (Å²) in [5.74, 6) is 0. The van der Waals surface area contributed by atoms with Crippen molar-refractivity contribution < 1.29 is 8.83 Å². The number of benzene rings is 20. The minimum atomic E-state index is 0.795. The number of anilines is 12. The number of rotatable bonds is 17. The third kappa shape index (κ3) is 12.8. The standard InChI is InChI=1S/C116H82N4O2/c1-75-32-26-45-87(62-75)117(91-49-31-43-83(68-91)79-36-8-5-9-37-79)105-71-109-113(99-56-18-14-52-95(99)105)114-100-57-19-15-53-96(100)106(72-110(114)121-109)118(88-46-27-33-76(2)63-88)92-69-85(80-38-10-6-11-39-80)67-86(70-92)82-42-30-44-84(66-82)94-51-23-25-61-104(94)120(90-48-29-35-78(4)65-90)108-74-112-116(102-59-21-17-55-98(102)108)115-101-58-20-16-54-97(101)107(73-111(115)122-112)119(89-47-28-34-77(3)64-89)103-60-24-22-50-93(103)81-40-12-7-13-41-81/h5-74H,1-4H3. The summed E-state index contributed by atoms with van der Waals surface area (Å²) in [5, 5.41) is 13.2. The van der Waals surface area contributed by atoms with Crippen LogP contribution in [0.2, 0.25) is 0 Å². The van der Waals surface area contributed by atoms with Gasteiger partial charge in [-0.2, -0.15) is 0 Å². The lowest BCUT2D eigenvalue weighted by molar-refractivity contribution is 0.669. The number of fused-ring (bicyclic) bond motifs is 14. The van der Waals surface area contributed by atoms with E-state index >= 15 is 0 Å². The molecule has 22 rings (SSSR count). The van der Waals surface area contributed by atoms with E-state index in [0.717, 1.165) is 222 Å². The van der Waals surface area contributed by atoms with Gasteiger partial charge in [-0.3, -0.25) is 0 Å². The van der Waals surface area contributed by atoms with Gasteiger partial charge in [0.15, 0.2) is 0 Å². The lowest BCUT2D eigenvalue weighted by atomic mass is 9.93. The second-order valence-corrected chi connectivity index (χ2v) is 32.2. The molecule has 0 aliphatic heterocycles. The van der Waals surface area contributed by atoms with E-state index < -0.39 is 0 Å². The maximum Gasteiger partial charge on any atom is 0.138 e. The molecular weight excluding hydrogens is 1480 g/mol. The summed E-state index contributed by atoms with van der Waals surface area (Å²) < 4.78 is 15.0. The van der Waals surface area contributed by atoms with Gasteiger partial charge in [0.1, 0.15) is 22.3 Å². The number of furan rings is 2. The van der Waals surface area contributed by atoms with Crippen molar-refractivity contribution in [3.63, 3.8) is 0 Å². The molecule has 0 atom stereocenters. The molecule has 0 spiro atoms. The van der Waals surface area contributed by atoms with E-state index in [0.29, 0.717) is 0 Å². The summed E-state index contributed by atoms with van der Waals surface area (Å²) >= 11 is 0. The van der Waals surface area contributed by atoms with Crippen LogP contribution in [0.1, 0.15) is 22.3 Å². The zero-order valence-electron chi connectivity index (χ0n) is 68.0. The number of hydrogen-bond acceptors (Lipinski definition) is 6. The second-order valence-electron chi connectivity index (χ2n) is 32.2. The van der Waals surface area contributed by atoms with E-state index in [2.05, 4.69) is 472 Å². The van der Waals surface area contributed by atoms with Crippen LogP contribution in [0.15, 0.2) is 433 Å². The summed E-state index contributed by atoms with van der Waals surface area (Å²) in [7, 11) is 0. The van der Waals surface area contributed by atoms with Crippen molar-refractivity contribution >= 4 is 155 Å². The van der Waals surface area contributed by atoms with Gasteiger partial charge < -0.3 is 28.4 Å². The van der Waals surface area contributed by atoms with Gasteiger partial charge in [-0.15, -0.1) is 0 Å². The molecule has 6 heteroatoms. The van der Waals surface area contributed by atoms with Gasteiger partial charge in [0.05, 0.1) is 34.1 Å². The van der Waals surface area contributed by atoms with Gasteiger partial charge in [0.25, 0.3) is 0 Å². The van der Waals surface area contributed by atoms with Crippen molar-refractivity contribution in [2.75, 3.05) is 19.6 Å². The van der Waals surface area contributed by atoms with Crippen LogP contribution >= 0.6 is 0 Å². The minimum Gasteiger partial charge on any atom is -0.456 e. The maximum absolute atomic E-state index is 7.52. The molecule has 0 aliphatic rings. The third-order valence-electron chi connectivity index (χ3n) is 24.3. The Balaban J connectivity index is 0.705. The van der Waals surface area contributed by atoms with Gasteiger partial charge in [0, 0.05) is 113 Å². The molecule has 0 fully saturated rings. The SMILES string of the molecule is Cc1cccc(N(c2cccc(-c3ccccc3)c2)c2cc3oc4cc(N(c5cccc(C)c5)c5cc(-c6ccccc6)cc(-c6cccc(-c7ccccc7N(c7cccc(C)c7)c7cc8oc9cc(N(c%10cccc(C)c%10)c%10ccccc%10-c%10ccccc%10)c%10ccccc%10c9c8c8ccccc78)c6)c5)c5ccccc5c4c3c3ccccc23)c1. The highest BCUT2D eigenvalue weighted by Crippen LogP contribution is 2.55. The first-order valence-electron chi connectivity index (χ1n) is 41.9. The van der Waals surface area contributed by atoms with Crippen LogP contribution in [0.3, 0.4) is 0 Å². The van der Waals surface area contributed by atoms with Crippen molar-refractivity contribution in [1.82, 2.24) is 0 Å². The van der Waals surface area contributed by atoms with Crippen LogP contribution in [-0.4, -0.2) is 0 Å². The fourth-order valence-electron chi connectivity index (χ4n) is 18.9. The minimum absolute atomic E-state index is 0.795. The van der Waals surface area contributed by atoms with Crippen molar-refractivity contribution in [3.05, 3.63) is 447 Å². The molecule has 2 heterocycles. The monoisotopic (exact) mass is 1560 g/mol. The molecule has 0 bridgehead atoms. The van der Waals surface area contributed by atoms with Gasteiger partial charge in [-0.1, -0.05) is 303 Å². The van der Waals surface area contributed by atoms with Crippen LogP contribution < -0.4 is 19.6 Å². The predicted octanol–water partition coefficient (Wildman–Crippen LogP) is 33.5. The zero-order valence-corrected chi connectivity index (χ0v) is 68.0. The Labute approximate surface area is 709 Å². The van der Waals surface area contributed by atoms with E-state index in [9.17, 15) is 0 Å². The lowest BCUT2D eigenvalue weighted by Gasteiger charge is -2.29. The summed E-state index contributed by atoms with van der Waals surface area (Å²) in [6.07, 6.45) is 0. The largest absolute Gasteiger partial charge is 0.456 e. The summed E-state index contributed by atoms with van der Waals surface area (Å²) in [5.41, 5.74) is 31.2. The molecule has 0 amide bonds. The Morgan fingerprint density at radius 1 is 0.156 bits per heavy atom. The molecule has 122 heavy (non-hydrogen) atoms. The Morgan fingerprint density at radius 3 is 0.811 bits per heavy atom. The topological polar surface area (TPSA) is 39.2 Å². The molecule has 6 nitrogen and oxygen atoms in total. The molecule has 578 valence electrons. The summed E-state index contributed by atoms with van der Waals surface area (Å²) in [6.45, 7) is 8.70. The smallest absolute Gasteiger partial charge is 0.138 e. The van der Waals surface area contributed by atoms with Crippen LogP contribution in [0.5, 0.6) is 0 Å². The number of aryl methyl sites for hydroxylation is 4. The molecule has 0 saturated carbocycles. The molecule has 0 unspecified atom stereocenters. The zero-order chi connectivity index (χ0) is 81.5. The van der Waals surface area contributed by atoms with Crippen molar-refractivity contribution in [2.45, 2.75) is 27.7 Å². The molecule has 0 saturated heterocycles. The van der Waals surface area contributed by atoms with Gasteiger partial charge in [-0.25, -0.2) is 0 Å². The van der Waals surface area contributed by atoms with Crippen LogP contribution in [0.25, 0.3) is 143 Å². The normalized spacial score (nSPS) is 11.6. The van der Waals surface area contributed by atoms with E-state index in [1.807, 2.05) is 0 Å². The number of hydrogen-bond donors (Lipinski definition) is 0. The highest BCUT2D eigenvalue weighted by Gasteiger charge is 2.30. The average molecular weight is 1560 g/mol. The first-order valence-corrected chi connectivity index (χ1v) is 41.9. The predicted molar refractivity (Wildman–Crippen MR) is 516 cm³/mol. The van der Waals surface area contributed by atoms with Gasteiger partial charge >= 0.3 is 0 Å². The average Bonchev–Trinajstić information content (AvgIpc) is 1.53. The van der Waals surface area contributed by atoms with Crippen molar-refractivity contribution in [1.29, 1.82) is 0 Å². The first kappa shape index (κ1) is 72.7. The van der Waals surface area contributed by atoms with Crippen LogP contribution in [0, 0.1) is 27.7 Å². The van der Waals surface area contributed by atoms with E-state index in [1.165, 1.54) is 11.1 Å². The highest BCUT2D eigenvalue weighted by molar-refractivity contribution is 6.32. The molecule has 2 aromatic heterocycles. The Hall–Kier alpha value is -15.8. The lowest BCUT2D eigenvalue weighted by Crippen LogP contribution is -2.12. The molecule has 22 aromatic rings. The van der Waals surface area contributed by atoms with Crippen molar-refractivity contribution in [2.24, 2.45) is 0 Å². The quantitative estimate of drug-likeness (QED) is 0.0905. The molecule has 20 aromatic carbocycles. The van der Waals surface area contributed by atoms with Gasteiger partial charge in [0.2, 0.25) is 0 Å². The van der Waals surface area contributed by atoms with Crippen molar-refractivity contribution in [3.8, 4) is 55.6 Å². The molecular formula is C116H82N4O2. The first-order chi connectivity index (χ1) is 60.1. The maximum atomic E-state index is 7.52. The van der Waals surface area contributed by atoms with E-state index in [-0.39, 0.29) is 0 Å². The Morgan fingerprint density at radius 2 is 0.410 bits per heavy atom. The Kier molecular flexibility index (Phi) is 18.1. The number of nitrogens with zero attached hydrogens (tertiary/aromatic N) is 4. The Bertz CT molecular complexity index is 7860. The third-order valence-corrected chi connectivity index (χ3v) is 24.3. The second kappa shape index (κ2) is 30.3. The van der Waals surface area contributed by atoms with E-state index in [4.69, 9.17) is 8.83 Å². The van der Waals surface area contributed by atoms with Crippen LogP contribution in [0.4, 0.5) is 68.2 Å². The summed E-state index contributed by atoms with van der Waals surface area (Å²) in [6, 6.07) is 155. The molecule has 0 aliphatic carbocycles. The molecule has 0 radical (unpaired) electrons. The fourth-order valence-corrected chi connectivity index (χ4v) is 18.9. The van der Waals surface area contributed by atoms with Crippen LogP contribution in [-0.2, 0) is 0 Å². The molecule has 0 N–H and O–H groups in total. The fraction of sp³-hybridized carbons (Fsp3) is 0.0345.